The van der Waals surface area contributed by atoms with Gasteiger partial charge < -0.3 is 9.47 Å². The van der Waals surface area contributed by atoms with Crippen molar-refractivity contribution in [3.63, 3.8) is 0 Å². The number of alkyl halides is 3. The molecule has 2 nitrogen and oxygen atoms in total. The van der Waals surface area contributed by atoms with Crippen LogP contribution in [0.2, 0.25) is 0 Å². The predicted molar refractivity (Wildman–Crippen MR) is 44.8 cm³/mol. The lowest BCUT2D eigenvalue weighted by atomic mass is 10.1. The molecule has 0 bridgehead atoms. The normalized spacial score (nSPS) is 39.0. The zero-order valence-corrected chi connectivity index (χ0v) is 8.52. The summed E-state index contributed by atoms with van der Waals surface area (Å²) in [6, 6.07) is 0. The maximum atomic E-state index is 12.5. The van der Waals surface area contributed by atoms with Gasteiger partial charge in [-0.05, 0) is 20.3 Å². The second-order valence-electron chi connectivity index (χ2n) is 3.71. The van der Waals surface area contributed by atoms with E-state index in [-0.39, 0.29) is 0 Å². The van der Waals surface area contributed by atoms with E-state index in [0.29, 0.717) is 6.42 Å². The Kier molecular flexibility index (Phi) is 3.11. The van der Waals surface area contributed by atoms with Crippen LogP contribution in [0.15, 0.2) is 0 Å². The zero-order chi connectivity index (χ0) is 11.0. The average Bonchev–Trinajstić information content (AvgIpc) is 2.27. The van der Waals surface area contributed by atoms with Gasteiger partial charge in [0.25, 0.3) is 5.79 Å². The van der Waals surface area contributed by atoms with Crippen molar-refractivity contribution in [3.8, 4) is 0 Å². The van der Waals surface area contributed by atoms with Crippen LogP contribution in [-0.4, -0.2) is 24.2 Å². The molecular formula is C9H15F3O2. The fourth-order valence-corrected chi connectivity index (χ4v) is 1.55. The smallest absolute Gasteiger partial charge is 0.337 e. The van der Waals surface area contributed by atoms with Crippen molar-refractivity contribution in [2.75, 3.05) is 0 Å². The van der Waals surface area contributed by atoms with E-state index in [0.717, 1.165) is 13.3 Å². The summed E-state index contributed by atoms with van der Waals surface area (Å²) in [6.45, 7) is 4.44. The van der Waals surface area contributed by atoms with Gasteiger partial charge in [0.1, 0.15) is 0 Å². The SMILES string of the molecule is CCCC1OC(C)(C(F)(F)F)OC1C. The van der Waals surface area contributed by atoms with E-state index in [1.54, 1.807) is 6.92 Å². The van der Waals surface area contributed by atoms with Gasteiger partial charge in [-0.2, -0.15) is 13.2 Å². The molecule has 1 heterocycles. The van der Waals surface area contributed by atoms with Crippen LogP contribution >= 0.6 is 0 Å². The first-order valence-electron chi connectivity index (χ1n) is 4.72. The zero-order valence-electron chi connectivity index (χ0n) is 8.52. The molecule has 3 unspecified atom stereocenters. The lowest BCUT2D eigenvalue weighted by molar-refractivity contribution is -0.342. The number of hydrogen-bond acceptors (Lipinski definition) is 2. The highest BCUT2D eigenvalue weighted by Gasteiger charge is 2.60. The fraction of sp³-hybridized carbons (Fsp3) is 1.00. The Morgan fingerprint density at radius 2 is 1.86 bits per heavy atom. The first-order valence-corrected chi connectivity index (χ1v) is 4.72. The third kappa shape index (κ3) is 2.03. The summed E-state index contributed by atoms with van der Waals surface area (Å²) in [5.41, 5.74) is 0. The Balaban J connectivity index is 2.70. The molecule has 3 atom stereocenters. The molecular weight excluding hydrogens is 197 g/mol. The topological polar surface area (TPSA) is 18.5 Å². The minimum atomic E-state index is -4.47. The van der Waals surface area contributed by atoms with Gasteiger partial charge in [0.05, 0.1) is 12.2 Å². The first-order chi connectivity index (χ1) is 6.30. The Morgan fingerprint density at radius 1 is 1.29 bits per heavy atom. The number of ether oxygens (including phenoxy) is 2. The Hall–Kier alpha value is -0.290. The van der Waals surface area contributed by atoms with E-state index < -0.39 is 24.2 Å². The van der Waals surface area contributed by atoms with E-state index in [2.05, 4.69) is 0 Å². The predicted octanol–water partition coefficient (Wildman–Crippen LogP) is 2.87. The van der Waals surface area contributed by atoms with Gasteiger partial charge in [-0.15, -0.1) is 0 Å². The molecule has 5 heteroatoms. The van der Waals surface area contributed by atoms with Crippen LogP contribution in [-0.2, 0) is 9.47 Å². The number of halogens is 3. The summed E-state index contributed by atoms with van der Waals surface area (Å²) in [6.07, 6.45) is -4.05. The highest BCUT2D eigenvalue weighted by Crippen LogP contribution is 2.42. The molecule has 0 aromatic rings. The van der Waals surface area contributed by atoms with Crippen molar-refractivity contribution in [2.45, 2.75) is 57.8 Å². The van der Waals surface area contributed by atoms with Crippen molar-refractivity contribution >= 4 is 0 Å². The van der Waals surface area contributed by atoms with Crippen LogP contribution in [0.5, 0.6) is 0 Å². The van der Waals surface area contributed by atoms with E-state index in [1.807, 2.05) is 6.92 Å². The van der Waals surface area contributed by atoms with E-state index in [1.165, 1.54) is 0 Å². The summed E-state index contributed by atoms with van der Waals surface area (Å²) < 4.78 is 47.2. The quantitative estimate of drug-likeness (QED) is 0.700. The largest absolute Gasteiger partial charge is 0.442 e. The van der Waals surface area contributed by atoms with Crippen molar-refractivity contribution in [2.24, 2.45) is 0 Å². The molecule has 14 heavy (non-hydrogen) atoms. The van der Waals surface area contributed by atoms with Gasteiger partial charge in [-0.1, -0.05) is 13.3 Å². The van der Waals surface area contributed by atoms with Gasteiger partial charge >= 0.3 is 6.18 Å². The summed E-state index contributed by atoms with van der Waals surface area (Å²) in [5, 5.41) is 0. The van der Waals surface area contributed by atoms with Crippen LogP contribution < -0.4 is 0 Å². The maximum absolute atomic E-state index is 12.5. The van der Waals surface area contributed by atoms with Gasteiger partial charge in [0, 0.05) is 0 Å². The van der Waals surface area contributed by atoms with Gasteiger partial charge in [0.15, 0.2) is 0 Å². The Bertz CT molecular complexity index is 205. The number of hydrogen-bond donors (Lipinski definition) is 0. The van der Waals surface area contributed by atoms with E-state index in [4.69, 9.17) is 9.47 Å². The minimum Gasteiger partial charge on any atom is -0.337 e. The minimum absolute atomic E-state index is 0.452. The molecule has 84 valence electrons. The van der Waals surface area contributed by atoms with Crippen LogP contribution in [0.1, 0.15) is 33.6 Å². The molecule has 0 aliphatic carbocycles. The fourth-order valence-electron chi connectivity index (χ4n) is 1.55. The third-order valence-corrected chi connectivity index (χ3v) is 2.40. The van der Waals surface area contributed by atoms with Crippen molar-refractivity contribution in [3.05, 3.63) is 0 Å². The molecule has 0 N–H and O–H groups in total. The lowest BCUT2D eigenvalue weighted by Gasteiger charge is -2.25. The highest BCUT2D eigenvalue weighted by atomic mass is 19.4. The molecule has 1 aliphatic heterocycles. The monoisotopic (exact) mass is 212 g/mol. The summed E-state index contributed by atoms with van der Waals surface area (Å²) >= 11 is 0. The van der Waals surface area contributed by atoms with Crippen molar-refractivity contribution < 1.29 is 22.6 Å². The summed E-state index contributed by atoms with van der Waals surface area (Å²) in [7, 11) is 0. The standard InChI is InChI=1S/C9H15F3O2/c1-4-5-7-6(2)13-8(3,14-7)9(10,11)12/h6-7H,4-5H2,1-3H3. The molecule has 1 fully saturated rings. The van der Waals surface area contributed by atoms with Gasteiger partial charge in [-0.3, -0.25) is 0 Å². The van der Waals surface area contributed by atoms with Crippen LogP contribution in [0.4, 0.5) is 13.2 Å². The van der Waals surface area contributed by atoms with Gasteiger partial charge in [0.2, 0.25) is 0 Å². The third-order valence-electron chi connectivity index (χ3n) is 2.40. The Labute approximate surface area is 81.4 Å². The first kappa shape index (κ1) is 11.8. The van der Waals surface area contributed by atoms with E-state index >= 15 is 0 Å². The van der Waals surface area contributed by atoms with Crippen LogP contribution in [0, 0.1) is 0 Å². The molecule has 0 saturated carbocycles. The molecule has 1 aliphatic rings. The van der Waals surface area contributed by atoms with Crippen LogP contribution in [0.3, 0.4) is 0 Å². The van der Waals surface area contributed by atoms with Crippen LogP contribution in [0.25, 0.3) is 0 Å². The van der Waals surface area contributed by atoms with E-state index in [9.17, 15) is 13.2 Å². The summed E-state index contributed by atoms with van der Waals surface area (Å²) in [4.78, 5) is 0. The summed E-state index contributed by atoms with van der Waals surface area (Å²) in [5.74, 6) is -2.42. The molecule has 0 amide bonds. The molecule has 0 aromatic heterocycles. The highest BCUT2D eigenvalue weighted by molar-refractivity contribution is 4.85. The Morgan fingerprint density at radius 3 is 2.21 bits per heavy atom. The molecule has 0 spiro atoms. The molecule has 0 aromatic carbocycles. The average molecular weight is 212 g/mol. The second-order valence-corrected chi connectivity index (χ2v) is 3.71. The van der Waals surface area contributed by atoms with Gasteiger partial charge in [-0.25, -0.2) is 0 Å². The molecule has 0 radical (unpaired) electrons. The maximum Gasteiger partial charge on any atom is 0.442 e. The molecule has 1 rings (SSSR count). The van der Waals surface area contributed by atoms with Crippen molar-refractivity contribution in [1.82, 2.24) is 0 Å². The lowest BCUT2D eigenvalue weighted by Crippen LogP contribution is -2.43. The molecule has 1 saturated heterocycles. The van der Waals surface area contributed by atoms with Crippen molar-refractivity contribution in [1.29, 1.82) is 0 Å². The second kappa shape index (κ2) is 3.70. The number of rotatable bonds is 2.